The normalized spacial score (nSPS) is 19.6. The SMILES string of the molecule is CN1CCC(C)(CNCc2cc(F)ccc2Cl)CC1. The summed E-state index contributed by atoms with van der Waals surface area (Å²) in [6, 6.07) is 4.52. The maximum atomic E-state index is 13.2. The van der Waals surface area contributed by atoms with Gasteiger partial charge in [-0.25, -0.2) is 4.39 Å². The van der Waals surface area contributed by atoms with Crippen LogP contribution in [-0.2, 0) is 6.54 Å². The van der Waals surface area contributed by atoms with Crippen LogP contribution in [0.2, 0.25) is 5.02 Å². The summed E-state index contributed by atoms with van der Waals surface area (Å²) >= 11 is 6.06. The van der Waals surface area contributed by atoms with Crippen LogP contribution in [0, 0.1) is 11.2 Å². The van der Waals surface area contributed by atoms with Gasteiger partial charge in [-0.3, -0.25) is 0 Å². The van der Waals surface area contributed by atoms with E-state index in [1.165, 1.54) is 25.0 Å². The minimum Gasteiger partial charge on any atom is -0.312 e. The number of likely N-dealkylation sites (tertiary alicyclic amines) is 1. The van der Waals surface area contributed by atoms with Crippen LogP contribution in [0.25, 0.3) is 0 Å². The Hall–Kier alpha value is -0.640. The minimum absolute atomic E-state index is 0.230. The van der Waals surface area contributed by atoms with Crippen LogP contribution in [0.4, 0.5) is 4.39 Å². The Bertz CT molecular complexity index is 428. The molecule has 0 saturated carbocycles. The van der Waals surface area contributed by atoms with E-state index in [2.05, 4.69) is 24.2 Å². The van der Waals surface area contributed by atoms with Crippen LogP contribution in [0.5, 0.6) is 0 Å². The third-order valence-corrected chi connectivity index (χ3v) is 4.44. The van der Waals surface area contributed by atoms with E-state index in [4.69, 9.17) is 11.6 Å². The quantitative estimate of drug-likeness (QED) is 0.913. The van der Waals surface area contributed by atoms with Gasteiger partial charge in [-0.05, 0) is 62.2 Å². The molecule has 2 nitrogen and oxygen atoms in total. The Morgan fingerprint density at radius 2 is 2.05 bits per heavy atom. The molecule has 1 heterocycles. The van der Waals surface area contributed by atoms with Crippen molar-refractivity contribution in [3.8, 4) is 0 Å². The van der Waals surface area contributed by atoms with Crippen LogP contribution >= 0.6 is 11.6 Å². The highest BCUT2D eigenvalue weighted by Crippen LogP contribution is 2.29. The molecule has 0 bridgehead atoms. The van der Waals surface area contributed by atoms with Crippen LogP contribution in [0.3, 0.4) is 0 Å². The van der Waals surface area contributed by atoms with E-state index in [0.29, 0.717) is 17.0 Å². The molecule has 0 atom stereocenters. The topological polar surface area (TPSA) is 15.3 Å². The van der Waals surface area contributed by atoms with Gasteiger partial charge in [-0.15, -0.1) is 0 Å². The third kappa shape index (κ3) is 4.16. The lowest BCUT2D eigenvalue weighted by Gasteiger charge is -2.38. The lowest BCUT2D eigenvalue weighted by molar-refractivity contribution is 0.137. The molecular formula is C15H22ClFN2. The van der Waals surface area contributed by atoms with Crippen molar-refractivity contribution < 1.29 is 4.39 Å². The second-order valence-electron chi connectivity index (χ2n) is 5.95. The number of hydrogen-bond donors (Lipinski definition) is 1. The highest BCUT2D eigenvalue weighted by Gasteiger charge is 2.28. The molecule has 0 unspecified atom stereocenters. The molecule has 0 spiro atoms. The van der Waals surface area contributed by atoms with E-state index in [-0.39, 0.29) is 5.82 Å². The van der Waals surface area contributed by atoms with Gasteiger partial charge in [0.25, 0.3) is 0 Å². The van der Waals surface area contributed by atoms with E-state index in [1.54, 1.807) is 6.07 Å². The second-order valence-corrected chi connectivity index (χ2v) is 6.36. The summed E-state index contributed by atoms with van der Waals surface area (Å²) in [5.41, 5.74) is 1.17. The number of halogens is 2. The molecule has 1 aromatic rings. The average Bonchev–Trinajstić information content (AvgIpc) is 2.38. The van der Waals surface area contributed by atoms with Crippen molar-refractivity contribution in [3.05, 3.63) is 34.6 Å². The lowest BCUT2D eigenvalue weighted by atomic mass is 9.80. The number of piperidine rings is 1. The summed E-state index contributed by atoms with van der Waals surface area (Å²) in [4.78, 5) is 2.37. The van der Waals surface area contributed by atoms with Gasteiger partial charge < -0.3 is 10.2 Å². The Morgan fingerprint density at radius 3 is 2.74 bits per heavy atom. The molecule has 0 aliphatic carbocycles. The van der Waals surface area contributed by atoms with Crippen molar-refractivity contribution in [2.45, 2.75) is 26.3 Å². The first-order chi connectivity index (χ1) is 8.98. The maximum absolute atomic E-state index is 13.2. The standard InChI is InChI=1S/C15H22ClFN2/c1-15(5-7-19(2)8-6-15)11-18-10-12-9-13(17)3-4-14(12)16/h3-4,9,18H,5-8,10-11H2,1-2H3. The molecular weight excluding hydrogens is 263 g/mol. The highest BCUT2D eigenvalue weighted by molar-refractivity contribution is 6.31. The number of nitrogens with zero attached hydrogens (tertiary/aromatic N) is 1. The van der Waals surface area contributed by atoms with E-state index in [9.17, 15) is 4.39 Å². The monoisotopic (exact) mass is 284 g/mol. The van der Waals surface area contributed by atoms with Gasteiger partial charge in [-0.1, -0.05) is 18.5 Å². The predicted octanol–water partition coefficient (Wildman–Crippen LogP) is 3.30. The van der Waals surface area contributed by atoms with Crippen molar-refractivity contribution in [1.82, 2.24) is 10.2 Å². The largest absolute Gasteiger partial charge is 0.312 e. The molecule has 2 rings (SSSR count). The maximum Gasteiger partial charge on any atom is 0.123 e. The van der Waals surface area contributed by atoms with Gasteiger partial charge in [0.05, 0.1) is 0 Å². The van der Waals surface area contributed by atoms with Crippen molar-refractivity contribution in [2.75, 3.05) is 26.7 Å². The predicted molar refractivity (Wildman–Crippen MR) is 78.0 cm³/mol. The Morgan fingerprint density at radius 1 is 1.37 bits per heavy atom. The van der Waals surface area contributed by atoms with Crippen LogP contribution in [0.15, 0.2) is 18.2 Å². The molecule has 1 aromatic carbocycles. The second kappa shape index (κ2) is 6.21. The Kier molecular flexibility index (Phi) is 4.82. The fourth-order valence-corrected chi connectivity index (χ4v) is 2.70. The Labute approximate surface area is 119 Å². The van der Waals surface area contributed by atoms with E-state index >= 15 is 0 Å². The molecule has 1 aliphatic heterocycles. The van der Waals surface area contributed by atoms with Crippen LogP contribution < -0.4 is 5.32 Å². The van der Waals surface area contributed by atoms with Gasteiger partial charge in [0.15, 0.2) is 0 Å². The van der Waals surface area contributed by atoms with Gasteiger partial charge in [-0.2, -0.15) is 0 Å². The lowest BCUT2D eigenvalue weighted by Crippen LogP contribution is -2.41. The number of hydrogen-bond acceptors (Lipinski definition) is 2. The fraction of sp³-hybridized carbons (Fsp3) is 0.600. The first kappa shape index (κ1) is 14.8. The van der Waals surface area contributed by atoms with Gasteiger partial charge in [0, 0.05) is 18.1 Å². The summed E-state index contributed by atoms with van der Waals surface area (Å²) in [5, 5.41) is 4.05. The van der Waals surface area contributed by atoms with Crippen LogP contribution in [-0.4, -0.2) is 31.6 Å². The smallest absolute Gasteiger partial charge is 0.123 e. The summed E-state index contributed by atoms with van der Waals surface area (Å²) in [6.07, 6.45) is 2.40. The molecule has 1 saturated heterocycles. The molecule has 106 valence electrons. The molecule has 0 aromatic heterocycles. The molecule has 4 heteroatoms. The Balaban J connectivity index is 1.84. The van der Waals surface area contributed by atoms with Gasteiger partial charge in [0.2, 0.25) is 0 Å². The summed E-state index contributed by atoms with van der Waals surface area (Å²) in [5.74, 6) is -0.230. The van der Waals surface area contributed by atoms with E-state index in [1.807, 2.05) is 0 Å². The molecule has 19 heavy (non-hydrogen) atoms. The molecule has 1 aliphatic rings. The number of rotatable bonds is 4. The van der Waals surface area contributed by atoms with E-state index in [0.717, 1.165) is 25.2 Å². The zero-order chi connectivity index (χ0) is 13.9. The highest BCUT2D eigenvalue weighted by atomic mass is 35.5. The minimum atomic E-state index is -0.230. The summed E-state index contributed by atoms with van der Waals surface area (Å²) < 4.78 is 13.2. The van der Waals surface area contributed by atoms with Crippen molar-refractivity contribution >= 4 is 11.6 Å². The van der Waals surface area contributed by atoms with Crippen molar-refractivity contribution in [1.29, 1.82) is 0 Å². The zero-order valence-electron chi connectivity index (χ0n) is 11.7. The van der Waals surface area contributed by atoms with E-state index < -0.39 is 0 Å². The molecule has 1 N–H and O–H groups in total. The van der Waals surface area contributed by atoms with Gasteiger partial charge in [0.1, 0.15) is 5.82 Å². The number of nitrogens with one attached hydrogen (secondary N) is 1. The first-order valence-corrected chi connectivity index (χ1v) is 7.19. The molecule has 1 fully saturated rings. The van der Waals surface area contributed by atoms with Crippen molar-refractivity contribution in [2.24, 2.45) is 5.41 Å². The fourth-order valence-electron chi connectivity index (χ4n) is 2.51. The third-order valence-electron chi connectivity index (χ3n) is 4.07. The van der Waals surface area contributed by atoms with Crippen molar-refractivity contribution in [3.63, 3.8) is 0 Å². The summed E-state index contributed by atoms with van der Waals surface area (Å²) in [6.45, 7) is 6.20. The molecule has 0 amide bonds. The van der Waals surface area contributed by atoms with Gasteiger partial charge >= 0.3 is 0 Å². The zero-order valence-corrected chi connectivity index (χ0v) is 12.4. The van der Waals surface area contributed by atoms with Crippen LogP contribution in [0.1, 0.15) is 25.3 Å². The number of benzene rings is 1. The molecule has 0 radical (unpaired) electrons. The average molecular weight is 285 g/mol. The first-order valence-electron chi connectivity index (χ1n) is 6.82. The summed E-state index contributed by atoms with van der Waals surface area (Å²) in [7, 11) is 2.17.